The summed E-state index contributed by atoms with van der Waals surface area (Å²) in [4.78, 5) is 4.31. The first kappa shape index (κ1) is 14.0. The molecule has 1 heterocycles. The second-order valence-corrected chi connectivity index (χ2v) is 5.14. The average Bonchev–Trinajstić information content (AvgIpc) is 2.32. The van der Waals surface area contributed by atoms with Gasteiger partial charge in [-0.2, -0.15) is 0 Å². The third-order valence-corrected chi connectivity index (χ3v) is 3.35. The number of rotatable bonds is 3. The highest BCUT2D eigenvalue weighted by Gasteiger charge is 2.11. The average molecular weight is 279 g/mol. The van der Waals surface area contributed by atoms with Gasteiger partial charge >= 0.3 is 0 Å². The largest absolute Gasteiger partial charge is 0.324 e. The Morgan fingerprint density at radius 1 is 1.21 bits per heavy atom. The first-order valence-electron chi connectivity index (χ1n) is 6.10. The molecular weight excluding hydrogens is 263 g/mol. The lowest BCUT2D eigenvalue weighted by atomic mass is 9.99. The Bertz CT molecular complexity index is 578. The van der Waals surface area contributed by atoms with E-state index >= 15 is 0 Å². The fourth-order valence-electron chi connectivity index (χ4n) is 2.14. The van der Waals surface area contributed by atoms with Gasteiger partial charge in [-0.3, -0.25) is 4.98 Å². The molecule has 2 nitrogen and oxygen atoms in total. The highest BCUT2D eigenvalue weighted by molar-refractivity contribution is 6.31. The molecular formula is C15H16ClFN2. The molecule has 2 aromatic rings. The number of nitrogens with zero attached hydrogens (tertiary/aromatic N) is 1. The predicted octanol–water partition coefficient (Wildman–Crippen LogP) is 3.73. The van der Waals surface area contributed by atoms with Crippen molar-refractivity contribution in [1.29, 1.82) is 0 Å². The van der Waals surface area contributed by atoms with Crippen molar-refractivity contribution in [3.63, 3.8) is 0 Å². The first-order valence-corrected chi connectivity index (χ1v) is 6.48. The zero-order valence-electron chi connectivity index (χ0n) is 11.0. The number of hydrogen-bond donors (Lipinski definition) is 1. The summed E-state index contributed by atoms with van der Waals surface area (Å²) in [5.41, 5.74) is 9.74. The lowest BCUT2D eigenvalue weighted by Crippen LogP contribution is -2.14. The molecule has 0 saturated carbocycles. The van der Waals surface area contributed by atoms with Gasteiger partial charge in [-0.05, 0) is 61.7 Å². The van der Waals surface area contributed by atoms with Crippen LogP contribution < -0.4 is 5.73 Å². The van der Waals surface area contributed by atoms with Crippen molar-refractivity contribution in [2.24, 2.45) is 5.73 Å². The van der Waals surface area contributed by atoms with Crippen molar-refractivity contribution >= 4 is 11.6 Å². The lowest BCUT2D eigenvalue weighted by Gasteiger charge is -2.14. The zero-order chi connectivity index (χ0) is 14.0. The molecule has 1 aromatic heterocycles. The number of pyridine rings is 1. The Balaban J connectivity index is 2.25. The number of aryl methyl sites for hydroxylation is 2. The number of aromatic nitrogens is 1. The van der Waals surface area contributed by atoms with Crippen LogP contribution in [0, 0.1) is 19.7 Å². The van der Waals surface area contributed by atoms with E-state index in [1.165, 1.54) is 12.1 Å². The van der Waals surface area contributed by atoms with Gasteiger partial charge in [-0.1, -0.05) is 11.6 Å². The van der Waals surface area contributed by atoms with E-state index in [1.807, 2.05) is 26.0 Å². The van der Waals surface area contributed by atoms with Gasteiger partial charge in [0.25, 0.3) is 0 Å². The Morgan fingerprint density at radius 3 is 2.47 bits per heavy atom. The molecule has 2 rings (SSSR count). The Morgan fingerprint density at radius 2 is 1.84 bits per heavy atom. The number of benzene rings is 1. The molecule has 4 heteroatoms. The minimum atomic E-state index is -0.298. The van der Waals surface area contributed by atoms with Gasteiger partial charge in [0, 0.05) is 22.5 Å². The van der Waals surface area contributed by atoms with E-state index in [-0.39, 0.29) is 11.9 Å². The standard InChI is InChI=1S/C15H16ClFN2/c1-9-5-12(6-10(2)19-9)15(18)8-11-7-13(17)3-4-14(11)16/h3-7,15H,8,18H2,1-2H3. The summed E-state index contributed by atoms with van der Waals surface area (Å²) in [5.74, 6) is -0.298. The van der Waals surface area contributed by atoms with Crippen molar-refractivity contribution in [2.75, 3.05) is 0 Å². The minimum Gasteiger partial charge on any atom is -0.324 e. The molecule has 0 aliphatic heterocycles. The van der Waals surface area contributed by atoms with Gasteiger partial charge in [0.2, 0.25) is 0 Å². The van der Waals surface area contributed by atoms with Crippen LogP contribution >= 0.6 is 11.6 Å². The minimum absolute atomic E-state index is 0.223. The van der Waals surface area contributed by atoms with Crippen LogP contribution in [0.25, 0.3) is 0 Å². The molecule has 1 aromatic carbocycles. The molecule has 0 fully saturated rings. The molecule has 2 N–H and O–H groups in total. The van der Waals surface area contributed by atoms with Crippen LogP contribution in [-0.4, -0.2) is 4.98 Å². The van der Waals surface area contributed by atoms with E-state index in [4.69, 9.17) is 17.3 Å². The van der Waals surface area contributed by atoms with Crippen molar-refractivity contribution in [2.45, 2.75) is 26.3 Å². The van der Waals surface area contributed by atoms with Crippen LogP contribution in [0.15, 0.2) is 30.3 Å². The van der Waals surface area contributed by atoms with Crippen LogP contribution in [0.3, 0.4) is 0 Å². The SMILES string of the molecule is Cc1cc(C(N)Cc2cc(F)ccc2Cl)cc(C)n1. The van der Waals surface area contributed by atoms with E-state index in [0.29, 0.717) is 11.4 Å². The van der Waals surface area contributed by atoms with Gasteiger partial charge in [-0.15, -0.1) is 0 Å². The van der Waals surface area contributed by atoms with Crippen molar-refractivity contribution in [3.05, 3.63) is 63.7 Å². The highest BCUT2D eigenvalue weighted by Crippen LogP contribution is 2.23. The summed E-state index contributed by atoms with van der Waals surface area (Å²) in [7, 11) is 0. The quantitative estimate of drug-likeness (QED) is 0.929. The molecule has 1 unspecified atom stereocenters. The molecule has 0 aliphatic carbocycles. The van der Waals surface area contributed by atoms with Crippen LogP contribution in [-0.2, 0) is 6.42 Å². The molecule has 100 valence electrons. The molecule has 0 aliphatic rings. The summed E-state index contributed by atoms with van der Waals surface area (Å²) in [6.45, 7) is 3.86. The Kier molecular flexibility index (Phi) is 4.17. The van der Waals surface area contributed by atoms with Gasteiger partial charge in [0.1, 0.15) is 5.82 Å². The first-order chi connectivity index (χ1) is 8.95. The van der Waals surface area contributed by atoms with E-state index in [0.717, 1.165) is 22.5 Å². The summed E-state index contributed by atoms with van der Waals surface area (Å²) < 4.78 is 13.2. The molecule has 0 amide bonds. The maximum Gasteiger partial charge on any atom is 0.123 e. The Labute approximate surface area is 117 Å². The normalized spacial score (nSPS) is 12.5. The van der Waals surface area contributed by atoms with Crippen LogP contribution in [0.4, 0.5) is 4.39 Å². The summed E-state index contributed by atoms with van der Waals surface area (Å²) in [6, 6.07) is 8.01. The third-order valence-electron chi connectivity index (χ3n) is 2.98. The number of hydrogen-bond acceptors (Lipinski definition) is 2. The van der Waals surface area contributed by atoms with Crippen LogP contribution in [0.2, 0.25) is 5.02 Å². The third kappa shape index (κ3) is 3.52. The topological polar surface area (TPSA) is 38.9 Å². The van der Waals surface area contributed by atoms with Gasteiger partial charge in [0.05, 0.1) is 0 Å². The Hall–Kier alpha value is -1.45. The summed E-state index contributed by atoms with van der Waals surface area (Å²) in [6.07, 6.45) is 0.499. The van der Waals surface area contributed by atoms with E-state index in [1.54, 1.807) is 6.07 Å². The second-order valence-electron chi connectivity index (χ2n) is 4.73. The summed E-state index contributed by atoms with van der Waals surface area (Å²) >= 11 is 6.06. The lowest BCUT2D eigenvalue weighted by molar-refractivity contribution is 0.622. The molecule has 1 atom stereocenters. The summed E-state index contributed by atoms with van der Waals surface area (Å²) in [5, 5.41) is 0.541. The van der Waals surface area contributed by atoms with Crippen LogP contribution in [0.5, 0.6) is 0 Å². The second kappa shape index (κ2) is 5.68. The number of halogens is 2. The van der Waals surface area contributed by atoms with Crippen molar-refractivity contribution < 1.29 is 4.39 Å². The maximum atomic E-state index is 13.2. The maximum absolute atomic E-state index is 13.2. The van der Waals surface area contributed by atoms with Crippen molar-refractivity contribution in [3.8, 4) is 0 Å². The monoisotopic (exact) mass is 278 g/mol. The molecule has 0 saturated heterocycles. The molecule has 0 spiro atoms. The van der Waals surface area contributed by atoms with Gasteiger partial charge < -0.3 is 5.73 Å². The van der Waals surface area contributed by atoms with Gasteiger partial charge in [-0.25, -0.2) is 4.39 Å². The predicted molar refractivity (Wildman–Crippen MR) is 75.8 cm³/mol. The van der Waals surface area contributed by atoms with Crippen molar-refractivity contribution in [1.82, 2.24) is 4.98 Å². The smallest absolute Gasteiger partial charge is 0.123 e. The van der Waals surface area contributed by atoms with Crippen LogP contribution in [0.1, 0.15) is 28.6 Å². The molecule has 0 bridgehead atoms. The van der Waals surface area contributed by atoms with E-state index < -0.39 is 0 Å². The molecule has 19 heavy (non-hydrogen) atoms. The fourth-order valence-corrected chi connectivity index (χ4v) is 2.33. The highest BCUT2D eigenvalue weighted by atomic mass is 35.5. The van der Waals surface area contributed by atoms with E-state index in [9.17, 15) is 4.39 Å². The number of nitrogens with two attached hydrogens (primary N) is 1. The zero-order valence-corrected chi connectivity index (χ0v) is 11.7. The van der Waals surface area contributed by atoms with Gasteiger partial charge in [0.15, 0.2) is 0 Å². The fraction of sp³-hybridized carbons (Fsp3) is 0.267. The molecule has 0 radical (unpaired) electrons. The van der Waals surface area contributed by atoms with E-state index in [2.05, 4.69) is 4.98 Å².